The van der Waals surface area contributed by atoms with Crippen molar-refractivity contribution in [3.8, 4) is 0 Å². The Morgan fingerprint density at radius 1 is 1.33 bits per heavy atom. The van der Waals surface area contributed by atoms with E-state index in [2.05, 4.69) is 0 Å². The standard InChI is InChI=1S/C12H18O3/c1-12(7-2-8-12)15-11(14)9-3-5-10(13)6-4-9/h9H,2-8H2,1H3. The van der Waals surface area contributed by atoms with Gasteiger partial charge in [0.05, 0.1) is 5.92 Å². The Morgan fingerprint density at radius 2 is 1.93 bits per heavy atom. The monoisotopic (exact) mass is 210 g/mol. The first-order valence-corrected chi connectivity index (χ1v) is 5.84. The molecule has 0 amide bonds. The first-order valence-electron chi connectivity index (χ1n) is 5.84. The van der Waals surface area contributed by atoms with E-state index in [1.807, 2.05) is 6.92 Å². The summed E-state index contributed by atoms with van der Waals surface area (Å²) in [5.41, 5.74) is -0.196. The fraction of sp³-hybridized carbons (Fsp3) is 0.833. The molecule has 84 valence electrons. The van der Waals surface area contributed by atoms with E-state index >= 15 is 0 Å². The van der Waals surface area contributed by atoms with E-state index in [1.54, 1.807) is 0 Å². The van der Waals surface area contributed by atoms with Gasteiger partial charge in [0, 0.05) is 12.8 Å². The van der Waals surface area contributed by atoms with Gasteiger partial charge >= 0.3 is 5.97 Å². The van der Waals surface area contributed by atoms with Crippen LogP contribution in [0.15, 0.2) is 0 Å². The molecule has 0 unspecified atom stereocenters. The van der Waals surface area contributed by atoms with Crippen LogP contribution in [-0.4, -0.2) is 17.4 Å². The third-order valence-electron chi connectivity index (χ3n) is 3.63. The third-order valence-corrected chi connectivity index (χ3v) is 3.63. The zero-order chi connectivity index (χ0) is 10.9. The molecule has 2 aliphatic carbocycles. The number of ketones is 1. The molecule has 0 saturated heterocycles. The number of ether oxygens (including phenoxy) is 1. The molecule has 0 aromatic rings. The van der Waals surface area contributed by atoms with Crippen LogP contribution in [-0.2, 0) is 14.3 Å². The lowest BCUT2D eigenvalue weighted by atomic mass is 9.81. The summed E-state index contributed by atoms with van der Waals surface area (Å²) in [6, 6.07) is 0. The summed E-state index contributed by atoms with van der Waals surface area (Å²) >= 11 is 0. The predicted octanol–water partition coefficient (Wildman–Crippen LogP) is 2.23. The van der Waals surface area contributed by atoms with Crippen molar-refractivity contribution < 1.29 is 14.3 Å². The highest BCUT2D eigenvalue weighted by atomic mass is 16.6. The van der Waals surface area contributed by atoms with Gasteiger partial charge in [-0.05, 0) is 39.0 Å². The fourth-order valence-corrected chi connectivity index (χ4v) is 2.28. The molecule has 3 heteroatoms. The normalized spacial score (nSPS) is 25.8. The number of rotatable bonds is 2. The number of carbonyl (C=O) groups is 2. The Morgan fingerprint density at radius 3 is 2.40 bits per heavy atom. The largest absolute Gasteiger partial charge is 0.459 e. The van der Waals surface area contributed by atoms with E-state index in [9.17, 15) is 9.59 Å². The Hall–Kier alpha value is -0.860. The van der Waals surface area contributed by atoms with Crippen molar-refractivity contribution in [1.82, 2.24) is 0 Å². The molecule has 0 aromatic heterocycles. The van der Waals surface area contributed by atoms with Crippen molar-refractivity contribution in [3.05, 3.63) is 0 Å². The fourth-order valence-electron chi connectivity index (χ4n) is 2.28. The van der Waals surface area contributed by atoms with E-state index < -0.39 is 0 Å². The molecule has 0 aliphatic heterocycles. The topological polar surface area (TPSA) is 43.4 Å². The number of Topliss-reactive ketones (excluding diaryl/α,β-unsaturated/α-hetero) is 1. The number of hydrogen-bond donors (Lipinski definition) is 0. The minimum absolute atomic E-state index is 0.0277. The van der Waals surface area contributed by atoms with Crippen LogP contribution in [0.25, 0.3) is 0 Å². The van der Waals surface area contributed by atoms with Crippen molar-refractivity contribution in [1.29, 1.82) is 0 Å². The second-order valence-corrected chi connectivity index (χ2v) is 5.04. The predicted molar refractivity (Wildman–Crippen MR) is 55.3 cm³/mol. The van der Waals surface area contributed by atoms with Gasteiger partial charge in [0.25, 0.3) is 0 Å². The number of carbonyl (C=O) groups excluding carboxylic acids is 2. The van der Waals surface area contributed by atoms with Crippen LogP contribution in [0.5, 0.6) is 0 Å². The van der Waals surface area contributed by atoms with E-state index in [-0.39, 0.29) is 23.3 Å². The van der Waals surface area contributed by atoms with Crippen molar-refractivity contribution in [2.24, 2.45) is 5.92 Å². The first-order chi connectivity index (χ1) is 7.09. The molecular weight excluding hydrogens is 192 g/mol. The lowest BCUT2D eigenvalue weighted by Gasteiger charge is -2.38. The van der Waals surface area contributed by atoms with Gasteiger partial charge in [-0.25, -0.2) is 0 Å². The lowest BCUT2D eigenvalue weighted by Crippen LogP contribution is -2.40. The van der Waals surface area contributed by atoms with Gasteiger partial charge in [-0.3, -0.25) is 9.59 Å². The molecule has 2 rings (SSSR count). The van der Waals surface area contributed by atoms with Crippen LogP contribution < -0.4 is 0 Å². The van der Waals surface area contributed by atoms with Crippen molar-refractivity contribution >= 4 is 11.8 Å². The molecule has 2 fully saturated rings. The smallest absolute Gasteiger partial charge is 0.309 e. The summed E-state index contributed by atoms with van der Waals surface area (Å²) < 4.78 is 5.50. The summed E-state index contributed by atoms with van der Waals surface area (Å²) in [6.07, 6.45) is 5.62. The van der Waals surface area contributed by atoms with Gasteiger partial charge in [-0.15, -0.1) is 0 Å². The summed E-state index contributed by atoms with van der Waals surface area (Å²) in [6.45, 7) is 2.00. The highest BCUT2D eigenvalue weighted by Gasteiger charge is 2.38. The second-order valence-electron chi connectivity index (χ2n) is 5.04. The Bertz CT molecular complexity index is 269. The minimum Gasteiger partial charge on any atom is -0.459 e. The highest BCUT2D eigenvalue weighted by molar-refractivity contribution is 5.82. The quantitative estimate of drug-likeness (QED) is 0.656. The summed E-state index contributed by atoms with van der Waals surface area (Å²) in [5, 5.41) is 0. The zero-order valence-corrected chi connectivity index (χ0v) is 9.25. The maximum absolute atomic E-state index is 11.8. The molecule has 0 N–H and O–H groups in total. The van der Waals surface area contributed by atoms with Gasteiger partial charge in [0.1, 0.15) is 11.4 Å². The van der Waals surface area contributed by atoms with Crippen LogP contribution in [0.4, 0.5) is 0 Å². The molecule has 3 nitrogen and oxygen atoms in total. The summed E-state index contributed by atoms with van der Waals surface area (Å²) in [4.78, 5) is 22.8. The van der Waals surface area contributed by atoms with Gasteiger partial charge in [-0.2, -0.15) is 0 Å². The summed E-state index contributed by atoms with van der Waals surface area (Å²) in [5.74, 6) is 0.179. The minimum atomic E-state index is -0.196. The lowest BCUT2D eigenvalue weighted by molar-refractivity contribution is -0.172. The van der Waals surface area contributed by atoms with Gasteiger partial charge in [0.2, 0.25) is 0 Å². The second kappa shape index (κ2) is 3.95. The van der Waals surface area contributed by atoms with Gasteiger partial charge in [-0.1, -0.05) is 0 Å². The zero-order valence-electron chi connectivity index (χ0n) is 9.25. The van der Waals surface area contributed by atoms with E-state index in [0.29, 0.717) is 25.7 Å². The van der Waals surface area contributed by atoms with Gasteiger partial charge < -0.3 is 4.74 Å². The van der Waals surface area contributed by atoms with E-state index in [4.69, 9.17) is 4.74 Å². The van der Waals surface area contributed by atoms with E-state index in [0.717, 1.165) is 19.3 Å². The van der Waals surface area contributed by atoms with Crippen molar-refractivity contribution in [3.63, 3.8) is 0 Å². The van der Waals surface area contributed by atoms with Crippen LogP contribution in [0.2, 0.25) is 0 Å². The average molecular weight is 210 g/mol. The molecule has 0 aromatic carbocycles. The van der Waals surface area contributed by atoms with Crippen LogP contribution in [0.3, 0.4) is 0 Å². The van der Waals surface area contributed by atoms with Crippen LogP contribution in [0.1, 0.15) is 51.9 Å². The van der Waals surface area contributed by atoms with Crippen LogP contribution >= 0.6 is 0 Å². The summed E-state index contributed by atoms with van der Waals surface area (Å²) in [7, 11) is 0. The highest BCUT2D eigenvalue weighted by Crippen LogP contribution is 2.36. The van der Waals surface area contributed by atoms with Gasteiger partial charge in [0.15, 0.2) is 0 Å². The van der Waals surface area contributed by atoms with Crippen molar-refractivity contribution in [2.45, 2.75) is 57.5 Å². The number of hydrogen-bond acceptors (Lipinski definition) is 3. The molecule has 2 saturated carbocycles. The molecule has 0 atom stereocenters. The molecule has 15 heavy (non-hydrogen) atoms. The molecule has 0 radical (unpaired) electrons. The first kappa shape index (κ1) is 10.7. The number of esters is 1. The molecule has 0 heterocycles. The SMILES string of the molecule is CC1(OC(=O)C2CCC(=O)CC2)CCC1. The average Bonchev–Trinajstić information content (AvgIpc) is 2.16. The Kier molecular flexibility index (Phi) is 2.81. The van der Waals surface area contributed by atoms with E-state index in [1.165, 1.54) is 0 Å². The third kappa shape index (κ3) is 2.39. The molecule has 0 bridgehead atoms. The molecule has 0 spiro atoms. The molecular formula is C12H18O3. The Balaban J connectivity index is 1.83. The maximum Gasteiger partial charge on any atom is 0.309 e. The van der Waals surface area contributed by atoms with Crippen LogP contribution in [0, 0.1) is 5.92 Å². The van der Waals surface area contributed by atoms with Crippen molar-refractivity contribution in [2.75, 3.05) is 0 Å². The molecule has 2 aliphatic rings. The Labute approximate surface area is 90.2 Å². The maximum atomic E-state index is 11.8.